The number of halogens is 1. The van der Waals surface area contributed by atoms with E-state index < -0.39 is 18.4 Å². The molecule has 0 radical (unpaired) electrons. The van der Waals surface area contributed by atoms with Crippen LogP contribution in [-0.2, 0) is 14.3 Å². The van der Waals surface area contributed by atoms with Crippen LogP contribution in [0.25, 0.3) is 5.57 Å². The average molecular weight is 389 g/mol. The van der Waals surface area contributed by atoms with E-state index >= 15 is 0 Å². The standard InChI is InChI=1S/C19H17BrO4/c1-12-4-3-5-14(10-12)18(13-6-8-15(20)9-7-13)16(11-17(21)22)19(23)24-2/h3-10H,11H2,1-2H3,(H,21,22)/b18-16+. The number of aryl methyl sites for hydroxylation is 1. The lowest BCUT2D eigenvalue weighted by Crippen LogP contribution is -2.12. The Balaban J connectivity index is 2.76. The molecule has 24 heavy (non-hydrogen) atoms. The van der Waals surface area contributed by atoms with Gasteiger partial charge in [-0.3, -0.25) is 4.79 Å². The van der Waals surface area contributed by atoms with Crippen LogP contribution in [0.1, 0.15) is 23.1 Å². The van der Waals surface area contributed by atoms with Crippen LogP contribution in [0.4, 0.5) is 0 Å². The van der Waals surface area contributed by atoms with Gasteiger partial charge in [-0.25, -0.2) is 4.79 Å². The third kappa shape index (κ3) is 4.32. The molecule has 0 atom stereocenters. The number of aliphatic carboxylic acids is 1. The molecule has 4 nitrogen and oxygen atoms in total. The molecule has 124 valence electrons. The first-order chi connectivity index (χ1) is 11.4. The van der Waals surface area contributed by atoms with Crippen molar-refractivity contribution in [1.82, 2.24) is 0 Å². The van der Waals surface area contributed by atoms with Crippen molar-refractivity contribution in [3.05, 3.63) is 75.3 Å². The Labute approximate surface area is 148 Å². The Morgan fingerprint density at radius 1 is 1.08 bits per heavy atom. The van der Waals surface area contributed by atoms with E-state index in [-0.39, 0.29) is 5.57 Å². The highest BCUT2D eigenvalue weighted by Gasteiger charge is 2.21. The van der Waals surface area contributed by atoms with Gasteiger partial charge in [0.05, 0.1) is 19.1 Å². The largest absolute Gasteiger partial charge is 0.481 e. The van der Waals surface area contributed by atoms with E-state index in [0.717, 1.165) is 21.2 Å². The molecule has 5 heteroatoms. The van der Waals surface area contributed by atoms with Crippen LogP contribution in [-0.4, -0.2) is 24.2 Å². The predicted molar refractivity (Wildman–Crippen MR) is 95.6 cm³/mol. The van der Waals surface area contributed by atoms with Gasteiger partial charge >= 0.3 is 11.9 Å². The normalized spacial score (nSPS) is 11.6. The molecule has 0 unspecified atom stereocenters. The van der Waals surface area contributed by atoms with Gasteiger partial charge in [-0.15, -0.1) is 0 Å². The lowest BCUT2D eigenvalue weighted by Gasteiger charge is -2.15. The summed E-state index contributed by atoms with van der Waals surface area (Å²) in [6.07, 6.45) is -0.411. The zero-order valence-electron chi connectivity index (χ0n) is 13.4. The molecule has 0 saturated carbocycles. The minimum absolute atomic E-state index is 0.123. The van der Waals surface area contributed by atoms with Gasteiger partial charge in [0, 0.05) is 4.47 Å². The van der Waals surface area contributed by atoms with E-state index in [1.807, 2.05) is 55.5 Å². The maximum atomic E-state index is 12.2. The molecule has 0 aromatic heterocycles. The molecule has 2 aromatic carbocycles. The fraction of sp³-hybridized carbons (Fsp3) is 0.158. The van der Waals surface area contributed by atoms with Gasteiger partial charge in [-0.1, -0.05) is 57.9 Å². The second-order valence-corrected chi connectivity index (χ2v) is 6.21. The van der Waals surface area contributed by atoms with Gasteiger partial charge in [0.1, 0.15) is 0 Å². The molecule has 2 rings (SSSR count). The molecule has 0 spiro atoms. The van der Waals surface area contributed by atoms with Crippen molar-refractivity contribution < 1.29 is 19.4 Å². The Hall–Kier alpha value is -2.40. The Morgan fingerprint density at radius 3 is 2.29 bits per heavy atom. The maximum Gasteiger partial charge on any atom is 0.334 e. The molecule has 0 saturated heterocycles. The molecule has 0 aliphatic carbocycles. The SMILES string of the molecule is COC(=O)/C(CC(=O)O)=C(\c1ccc(Br)cc1)c1cccc(C)c1. The van der Waals surface area contributed by atoms with Crippen LogP contribution in [0.3, 0.4) is 0 Å². The van der Waals surface area contributed by atoms with Crippen molar-refractivity contribution in [3.63, 3.8) is 0 Å². The zero-order chi connectivity index (χ0) is 17.7. The number of carboxylic acid groups (broad SMARTS) is 1. The molecule has 0 fully saturated rings. The van der Waals surface area contributed by atoms with Crippen molar-refractivity contribution in [2.24, 2.45) is 0 Å². The van der Waals surface area contributed by atoms with Gasteiger partial charge in [0.25, 0.3) is 0 Å². The quantitative estimate of drug-likeness (QED) is 0.615. The molecule has 1 N–H and O–H groups in total. The maximum absolute atomic E-state index is 12.2. The van der Waals surface area contributed by atoms with E-state index in [4.69, 9.17) is 4.74 Å². The summed E-state index contributed by atoms with van der Waals surface area (Å²) in [4.78, 5) is 23.5. The van der Waals surface area contributed by atoms with Crippen molar-refractivity contribution in [2.45, 2.75) is 13.3 Å². The predicted octanol–water partition coefficient (Wildman–Crippen LogP) is 4.21. The summed E-state index contributed by atoms with van der Waals surface area (Å²) in [6, 6.07) is 15.0. The Kier molecular flexibility index (Phi) is 5.93. The highest BCUT2D eigenvalue weighted by molar-refractivity contribution is 9.10. The molecular weight excluding hydrogens is 372 g/mol. The Morgan fingerprint density at radius 2 is 1.75 bits per heavy atom. The first kappa shape index (κ1) is 17.9. The number of carbonyl (C=O) groups excluding carboxylic acids is 1. The van der Waals surface area contributed by atoms with E-state index in [1.54, 1.807) is 0 Å². The monoisotopic (exact) mass is 388 g/mol. The molecule has 0 bridgehead atoms. The summed E-state index contributed by atoms with van der Waals surface area (Å²) < 4.78 is 5.72. The van der Waals surface area contributed by atoms with Gasteiger partial charge < -0.3 is 9.84 Å². The number of carbonyl (C=O) groups is 2. The summed E-state index contributed by atoms with van der Waals surface area (Å²) in [7, 11) is 1.25. The number of hydrogen-bond acceptors (Lipinski definition) is 3. The topological polar surface area (TPSA) is 63.6 Å². The molecule has 0 aliphatic heterocycles. The van der Waals surface area contributed by atoms with E-state index in [2.05, 4.69) is 15.9 Å². The zero-order valence-corrected chi connectivity index (χ0v) is 15.0. The third-order valence-electron chi connectivity index (χ3n) is 3.50. The summed E-state index contributed by atoms with van der Waals surface area (Å²) in [6.45, 7) is 1.94. The summed E-state index contributed by atoms with van der Waals surface area (Å²) in [5.41, 5.74) is 3.24. The second-order valence-electron chi connectivity index (χ2n) is 5.29. The summed E-state index contributed by atoms with van der Waals surface area (Å²) >= 11 is 3.38. The number of hydrogen-bond donors (Lipinski definition) is 1. The third-order valence-corrected chi connectivity index (χ3v) is 4.03. The fourth-order valence-corrected chi connectivity index (χ4v) is 2.73. The number of rotatable bonds is 5. The summed E-state index contributed by atoms with van der Waals surface area (Å²) in [5.74, 6) is -1.73. The van der Waals surface area contributed by atoms with Crippen LogP contribution in [0.15, 0.2) is 58.6 Å². The lowest BCUT2D eigenvalue weighted by molar-refractivity contribution is -0.141. The minimum Gasteiger partial charge on any atom is -0.481 e. The minimum atomic E-state index is -1.09. The summed E-state index contributed by atoms with van der Waals surface area (Å²) in [5, 5.41) is 9.22. The van der Waals surface area contributed by atoms with Crippen molar-refractivity contribution in [3.8, 4) is 0 Å². The number of esters is 1. The lowest BCUT2D eigenvalue weighted by atomic mass is 9.91. The van der Waals surface area contributed by atoms with Crippen molar-refractivity contribution >= 4 is 33.4 Å². The van der Waals surface area contributed by atoms with Crippen molar-refractivity contribution in [2.75, 3.05) is 7.11 Å². The van der Waals surface area contributed by atoms with Gasteiger partial charge in [0.2, 0.25) is 0 Å². The molecule has 0 heterocycles. The highest BCUT2D eigenvalue weighted by atomic mass is 79.9. The van der Waals surface area contributed by atoms with Gasteiger partial charge in [0.15, 0.2) is 0 Å². The first-order valence-corrected chi connectivity index (χ1v) is 8.08. The van der Waals surface area contributed by atoms with Crippen LogP contribution >= 0.6 is 15.9 Å². The Bertz CT molecular complexity index is 791. The van der Waals surface area contributed by atoms with Crippen LogP contribution in [0.2, 0.25) is 0 Å². The van der Waals surface area contributed by atoms with Gasteiger partial charge in [-0.05, 0) is 35.8 Å². The van der Waals surface area contributed by atoms with Crippen LogP contribution < -0.4 is 0 Å². The molecule has 0 aliphatic rings. The second kappa shape index (κ2) is 7.93. The van der Waals surface area contributed by atoms with E-state index in [0.29, 0.717) is 5.57 Å². The van der Waals surface area contributed by atoms with Crippen LogP contribution in [0.5, 0.6) is 0 Å². The molecule has 2 aromatic rings. The smallest absolute Gasteiger partial charge is 0.334 e. The molecular formula is C19H17BrO4. The fourth-order valence-electron chi connectivity index (χ4n) is 2.47. The van der Waals surface area contributed by atoms with Crippen molar-refractivity contribution in [1.29, 1.82) is 0 Å². The van der Waals surface area contributed by atoms with E-state index in [1.165, 1.54) is 7.11 Å². The average Bonchev–Trinajstić information content (AvgIpc) is 2.55. The highest BCUT2D eigenvalue weighted by Crippen LogP contribution is 2.30. The van der Waals surface area contributed by atoms with E-state index in [9.17, 15) is 14.7 Å². The number of benzene rings is 2. The number of methoxy groups -OCH3 is 1. The first-order valence-electron chi connectivity index (χ1n) is 7.28. The number of carboxylic acids is 1. The number of ether oxygens (including phenoxy) is 1. The van der Waals surface area contributed by atoms with Gasteiger partial charge in [-0.2, -0.15) is 0 Å². The molecule has 0 amide bonds. The van der Waals surface area contributed by atoms with Crippen LogP contribution in [0, 0.1) is 6.92 Å².